The van der Waals surface area contributed by atoms with Crippen molar-refractivity contribution in [1.29, 1.82) is 0 Å². The van der Waals surface area contributed by atoms with E-state index in [-0.39, 0.29) is 0 Å². The quantitative estimate of drug-likeness (QED) is 0.459. The third-order valence-electron chi connectivity index (χ3n) is 1.04. The molecule has 0 fully saturated rings. The van der Waals surface area contributed by atoms with E-state index in [1.165, 1.54) is 0 Å². The minimum Gasteiger partial charge on any atom is -0.205 e. The van der Waals surface area contributed by atoms with Crippen molar-refractivity contribution in [2.24, 2.45) is 0 Å². The maximum atomic E-state index is 12.1. The summed E-state index contributed by atoms with van der Waals surface area (Å²) in [6.45, 7) is 0. The van der Waals surface area contributed by atoms with E-state index in [0.717, 1.165) is 0 Å². The van der Waals surface area contributed by atoms with Gasteiger partial charge in [0.15, 0.2) is 0 Å². The SMILES string of the molecule is Fc1cc(C(F)F)cc(F)n1. The molecule has 0 saturated carbocycles. The van der Waals surface area contributed by atoms with Gasteiger partial charge in [0.1, 0.15) is 0 Å². The second-order valence-corrected chi connectivity index (χ2v) is 1.85. The van der Waals surface area contributed by atoms with Crippen LogP contribution in [0.5, 0.6) is 0 Å². The highest BCUT2D eigenvalue weighted by Crippen LogP contribution is 2.18. The maximum absolute atomic E-state index is 12.1. The first kappa shape index (κ1) is 7.97. The van der Waals surface area contributed by atoms with Crippen LogP contribution in [0.4, 0.5) is 17.6 Å². The summed E-state index contributed by atoms with van der Waals surface area (Å²) in [5.41, 5.74) is -0.699. The van der Waals surface area contributed by atoms with Gasteiger partial charge in [0, 0.05) is 17.7 Å². The number of rotatable bonds is 1. The van der Waals surface area contributed by atoms with E-state index in [0.29, 0.717) is 12.1 Å². The predicted molar refractivity (Wildman–Crippen MR) is 29.1 cm³/mol. The second kappa shape index (κ2) is 2.86. The molecule has 0 unspecified atom stereocenters. The lowest BCUT2D eigenvalue weighted by Gasteiger charge is -1.97. The monoisotopic (exact) mass is 165 g/mol. The molecule has 60 valence electrons. The van der Waals surface area contributed by atoms with Crippen LogP contribution in [0.1, 0.15) is 12.0 Å². The molecule has 1 nitrogen and oxygen atoms in total. The molecule has 0 atom stereocenters. The highest BCUT2D eigenvalue weighted by atomic mass is 19.3. The van der Waals surface area contributed by atoms with Crippen LogP contribution in [0.25, 0.3) is 0 Å². The molecular weight excluding hydrogens is 162 g/mol. The average Bonchev–Trinajstić information content (AvgIpc) is 1.85. The highest BCUT2D eigenvalue weighted by molar-refractivity contribution is 5.12. The van der Waals surface area contributed by atoms with Gasteiger partial charge in [0.05, 0.1) is 0 Å². The Hall–Kier alpha value is -1.13. The lowest BCUT2D eigenvalue weighted by atomic mass is 10.3. The molecule has 0 aliphatic carbocycles. The molecule has 1 aromatic heterocycles. The molecule has 0 aliphatic heterocycles. The molecule has 11 heavy (non-hydrogen) atoms. The van der Waals surface area contributed by atoms with Gasteiger partial charge in [-0.1, -0.05) is 0 Å². The summed E-state index contributed by atoms with van der Waals surface area (Å²) in [5, 5.41) is 0. The first-order valence-corrected chi connectivity index (χ1v) is 2.70. The van der Waals surface area contributed by atoms with Crippen molar-refractivity contribution in [3.05, 3.63) is 29.6 Å². The van der Waals surface area contributed by atoms with Crippen molar-refractivity contribution < 1.29 is 17.6 Å². The van der Waals surface area contributed by atoms with Crippen LogP contribution in [-0.4, -0.2) is 4.98 Å². The first-order valence-electron chi connectivity index (χ1n) is 2.70. The predicted octanol–water partition coefficient (Wildman–Crippen LogP) is 2.30. The molecule has 1 rings (SSSR count). The van der Waals surface area contributed by atoms with Gasteiger partial charge in [0.25, 0.3) is 6.43 Å². The Morgan fingerprint density at radius 3 is 1.91 bits per heavy atom. The molecule has 0 aliphatic rings. The zero-order valence-electron chi connectivity index (χ0n) is 5.19. The van der Waals surface area contributed by atoms with Gasteiger partial charge in [0.2, 0.25) is 11.9 Å². The molecule has 0 spiro atoms. The van der Waals surface area contributed by atoms with Gasteiger partial charge >= 0.3 is 0 Å². The van der Waals surface area contributed by atoms with Crippen molar-refractivity contribution in [3.63, 3.8) is 0 Å². The minimum absolute atomic E-state index is 0.494. The molecule has 0 radical (unpaired) electrons. The third-order valence-corrected chi connectivity index (χ3v) is 1.04. The summed E-state index contributed by atoms with van der Waals surface area (Å²) < 4.78 is 47.7. The largest absolute Gasteiger partial charge is 0.264 e. The van der Waals surface area contributed by atoms with Crippen LogP contribution >= 0.6 is 0 Å². The van der Waals surface area contributed by atoms with E-state index in [4.69, 9.17) is 0 Å². The zero-order chi connectivity index (χ0) is 8.43. The van der Waals surface area contributed by atoms with Gasteiger partial charge in [-0.2, -0.15) is 13.8 Å². The molecule has 0 amide bonds. The minimum atomic E-state index is -2.87. The van der Waals surface area contributed by atoms with Crippen LogP contribution in [0.3, 0.4) is 0 Å². The smallest absolute Gasteiger partial charge is 0.205 e. The van der Waals surface area contributed by atoms with Gasteiger partial charge in [-0.25, -0.2) is 8.78 Å². The van der Waals surface area contributed by atoms with Gasteiger partial charge in [-0.05, 0) is 0 Å². The van der Waals surface area contributed by atoms with Crippen molar-refractivity contribution in [3.8, 4) is 0 Å². The summed E-state index contributed by atoms with van der Waals surface area (Å²) in [4.78, 5) is 2.65. The second-order valence-electron chi connectivity index (χ2n) is 1.85. The Kier molecular flexibility index (Phi) is 2.07. The fourth-order valence-electron chi connectivity index (χ4n) is 0.609. The summed E-state index contributed by atoms with van der Waals surface area (Å²) in [6, 6.07) is 0.988. The summed E-state index contributed by atoms with van der Waals surface area (Å²) >= 11 is 0. The number of alkyl halides is 2. The molecule has 1 aromatic rings. The normalized spacial score (nSPS) is 10.6. The van der Waals surface area contributed by atoms with Crippen LogP contribution in [-0.2, 0) is 0 Å². The highest BCUT2D eigenvalue weighted by Gasteiger charge is 2.10. The Labute approximate surface area is 59.7 Å². The number of hydrogen-bond acceptors (Lipinski definition) is 1. The van der Waals surface area contributed by atoms with Crippen LogP contribution < -0.4 is 0 Å². The standard InChI is InChI=1S/C6H3F4N/c7-4-1-3(6(9)10)2-5(8)11-4/h1-2,6H. The van der Waals surface area contributed by atoms with E-state index in [9.17, 15) is 17.6 Å². The topological polar surface area (TPSA) is 12.9 Å². The lowest BCUT2D eigenvalue weighted by molar-refractivity contribution is 0.150. The fourth-order valence-corrected chi connectivity index (χ4v) is 0.609. The van der Waals surface area contributed by atoms with Crippen molar-refractivity contribution in [2.45, 2.75) is 6.43 Å². The molecule has 0 aromatic carbocycles. The number of halogens is 4. The Morgan fingerprint density at radius 1 is 1.09 bits per heavy atom. The van der Waals surface area contributed by atoms with Crippen LogP contribution in [0.2, 0.25) is 0 Å². The molecule has 1 heterocycles. The van der Waals surface area contributed by atoms with Gasteiger partial charge < -0.3 is 0 Å². The molecule has 5 heteroatoms. The van der Waals surface area contributed by atoms with E-state index in [1.807, 2.05) is 0 Å². The van der Waals surface area contributed by atoms with Crippen LogP contribution in [0.15, 0.2) is 12.1 Å². The fraction of sp³-hybridized carbons (Fsp3) is 0.167. The number of hydrogen-bond donors (Lipinski definition) is 0. The molecule has 0 bridgehead atoms. The van der Waals surface area contributed by atoms with E-state index >= 15 is 0 Å². The van der Waals surface area contributed by atoms with Crippen molar-refractivity contribution >= 4 is 0 Å². The maximum Gasteiger partial charge on any atom is 0.264 e. The molecule has 0 N–H and O–H groups in total. The third kappa shape index (κ3) is 1.89. The molecular formula is C6H3F4N. The van der Waals surface area contributed by atoms with E-state index in [1.54, 1.807) is 0 Å². The van der Waals surface area contributed by atoms with Crippen LogP contribution in [0, 0.1) is 11.9 Å². The average molecular weight is 165 g/mol. The number of pyridine rings is 1. The Bertz CT molecular complexity index is 241. The van der Waals surface area contributed by atoms with Crippen molar-refractivity contribution in [1.82, 2.24) is 4.98 Å². The van der Waals surface area contributed by atoms with E-state index in [2.05, 4.69) is 4.98 Å². The van der Waals surface area contributed by atoms with Gasteiger partial charge in [-0.3, -0.25) is 0 Å². The van der Waals surface area contributed by atoms with E-state index < -0.39 is 23.9 Å². The Morgan fingerprint density at radius 2 is 1.55 bits per heavy atom. The summed E-state index contributed by atoms with van der Waals surface area (Å²) in [5.74, 6) is -2.47. The number of nitrogens with zero attached hydrogens (tertiary/aromatic N) is 1. The van der Waals surface area contributed by atoms with Crippen molar-refractivity contribution in [2.75, 3.05) is 0 Å². The molecule has 0 saturated heterocycles. The summed E-state index contributed by atoms with van der Waals surface area (Å²) in [7, 11) is 0. The Balaban J connectivity index is 3.08. The first-order chi connectivity index (χ1) is 5.09. The summed E-state index contributed by atoms with van der Waals surface area (Å²) in [6.07, 6.45) is -2.87. The zero-order valence-corrected chi connectivity index (χ0v) is 5.19. The lowest BCUT2D eigenvalue weighted by Crippen LogP contribution is -1.93. The van der Waals surface area contributed by atoms with Gasteiger partial charge in [-0.15, -0.1) is 0 Å². The number of aromatic nitrogens is 1.